The number of benzene rings is 1. The van der Waals surface area contributed by atoms with E-state index in [2.05, 4.69) is 10.3 Å². The first-order valence-electron chi connectivity index (χ1n) is 6.26. The van der Waals surface area contributed by atoms with E-state index in [0.717, 1.165) is 0 Å². The van der Waals surface area contributed by atoms with Crippen LogP contribution in [0.25, 0.3) is 11.0 Å². The third-order valence-electron chi connectivity index (χ3n) is 3.49. The minimum absolute atomic E-state index is 0.0000170. The van der Waals surface area contributed by atoms with Crippen LogP contribution in [0.5, 0.6) is 0 Å². The van der Waals surface area contributed by atoms with Crippen molar-refractivity contribution in [2.75, 3.05) is 6.54 Å². The highest BCUT2D eigenvalue weighted by Gasteiger charge is 2.26. The zero-order valence-electron chi connectivity index (χ0n) is 10.8. The predicted octanol–water partition coefficient (Wildman–Crippen LogP) is -0.551. The summed E-state index contributed by atoms with van der Waals surface area (Å²) in [7, 11) is 0. The van der Waals surface area contributed by atoms with Gasteiger partial charge >= 0.3 is 17.1 Å². The number of aromatic amines is 1. The third kappa shape index (κ3) is 2.10. The quantitative estimate of drug-likeness (QED) is 0.640. The van der Waals surface area contributed by atoms with Crippen molar-refractivity contribution < 1.29 is 14.7 Å². The van der Waals surface area contributed by atoms with E-state index < -0.39 is 23.1 Å². The van der Waals surface area contributed by atoms with Gasteiger partial charge in [-0.25, -0.2) is 4.79 Å². The number of nitrogens with one attached hydrogen (secondary N) is 2. The fourth-order valence-corrected chi connectivity index (χ4v) is 2.50. The molecule has 8 heteroatoms. The van der Waals surface area contributed by atoms with Gasteiger partial charge in [0.1, 0.15) is 0 Å². The summed E-state index contributed by atoms with van der Waals surface area (Å²) in [6, 6.07) is 3.59. The first-order valence-corrected chi connectivity index (χ1v) is 6.26. The second-order valence-corrected chi connectivity index (χ2v) is 4.83. The van der Waals surface area contributed by atoms with Crippen LogP contribution >= 0.6 is 0 Å². The zero-order chi connectivity index (χ0) is 15.1. The first kappa shape index (κ1) is 13.1. The van der Waals surface area contributed by atoms with Gasteiger partial charge in [0.05, 0.1) is 22.6 Å². The van der Waals surface area contributed by atoms with E-state index in [0.29, 0.717) is 11.0 Å². The van der Waals surface area contributed by atoms with E-state index >= 15 is 0 Å². The molecule has 1 atom stereocenters. The van der Waals surface area contributed by atoms with Crippen LogP contribution in [0.1, 0.15) is 22.8 Å². The van der Waals surface area contributed by atoms with Crippen molar-refractivity contribution >= 4 is 22.9 Å². The predicted molar refractivity (Wildman–Crippen MR) is 72.5 cm³/mol. The maximum Gasteiger partial charge on any atom is 0.335 e. The summed E-state index contributed by atoms with van der Waals surface area (Å²) in [5.74, 6) is -1.35. The Kier molecular flexibility index (Phi) is 2.86. The van der Waals surface area contributed by atoms with Crippen molar-refractivity contribution in [2.45, 2.75) is 12.5 Å². The van der Waals surface area contributed by atoms with Crippen molar-refractivity contribution in [1.82, 2.24) is 14.9 Å². The van der Waals surface area contributed by atoms with Crippen LogP contribution in [0.15, 0.2) is 27.8 Å². The van der Waals surface area contributed by atoms with Gasteiger partial charge in [-0.15, -0.1) is 0 Å². The molecule has 1 aromatic carbocycles. The molecule has 8 nitrogen and oxygen atoms in total. The molecule has 0 bridgehead atoms. The van der Waals surface area contributed by atoms with Crippen LogP contribution in [-0.2, 0) is 4.79 Å². The van der Waals surface area contributed by atoms with Gasteiger partial charge in [0.15, 0.2) is 0 Å². The van der Waals surface area contributed by atoms with Gasteiger partial charge < -0.3 is 15.4 Å². The van der Waals surface area contributed by atoms with E-state index in [4.69, 9.17) is 5.11 Å². The Hall–Kier alpha value is -2.90. The van der Waals surface area contributed by atoms with Crippen LogP contribution in [0, 0.1) is 0 Å². The average molecular weight is 289 g/mol. The molecule has 0 aliphatic carbocycles. The number of carbonyl (C=O) groups is 2. The maximum atomic E-state index is 12.1. The lowest BCUT2D eigenvalue weighted by Crippen LogP contribution is -2.39. The molecule has 3 N–H and O–H groups in total. The SMILES string of the molecule is O=C1CC(n2c(=O)c(=O)[nH]c3ccc(C(=O)O)cc32)CN1. The number of hydrogen-bond donors (Lipinski definition) is 3. The Morgan fingerprint density at radius 3 is 2.67 bits per heavy atom. The van der Waals surface area contributed by atoms with Crippen molar-refractivity contribution in [3.05, 3.63) is 44.5 Å². The Morgan fingerprint density at radius 2 is 2.05 bits per heavy atom. The van der Waals surface area contributed by atoms with Crippen molar-refractivity contribution in [2.24, 2.45) is 0 Å². The topological polar surface area (TPSA) is 121 Å². The molecule has 1 aliphatic heterocycles. The largest absolute Gasteiger partial charge is 0.478 e. The lowest BCUT2D eigenvalue weighted by Gasteiger charge is -2.15. The summed E-state index contributed by atoms with van der Waals surface area (Å²) >= 11 is 0. The number of aromatic nitrogens is 2. The highest BCUT2D eigenvalue weighted by Crippen LogP contribution is 2.20. The van der Waals surface area contributed by atoms with Gasteiger partial charge in [-0.3, -0.25) is 19.0 Å². The summed E-state index contributed by atoms with van der Waals surface area (Å²) in [4.78, 5) is 48.6. The number of carboxylic acids is 1. The second kappa shape index (κ2) is 4.58. The summed E-state index contributed by atoms with van der Waals surface area (Å²) < 4.78 is 1.19. The summed E-state index contributed by atoms with van der Waals surface area (Å²) in [5.41, 5.74) is -0.957. The van der Waals surface area contributed by atoms with Crippen molar-refractivity contribution in [3.63, 3.8) is 0 Å². The molecule has 0 saturated carbocycles. The normalized spacial score (nSPS) is 17.9. The van der Waals surface area contributed by atoms with E-state index in [1.54, 1.807) is 0 Å². The number of nitrogens with zero attached hydrogens (tertiary/aromatic N) is 1. The average Bonchev–Trinajstić information content (AvgIpc) is 2.86. The molecule has 108 valence electrons. The first-order chi connectivity index (χ1) is 9.97. The molecular weight excluding hydrogens is 278 g/mol. The van der Waals surface area contributed by atoms with Crippen LogP contribution in [-0.4, -0.2) is 33.1 Å². The molecular formula is C13H11N3O5. The third-order valence-corrected chi connectivity index (χ3v) is 3.49. The van der Waals surface area contributed by atoms with Gasteiger partial charge in [0.25, 0.3) is 0 Å². The molecule has 1 fully saturated rings. The number of H-pyrrole nitrogens is 1. The summed E-state index contributed by atoms with van der Waals surface area (Å²) in [6.07, 6.45) is 0.0791. The highest BCUT2D eigenvalue weighted by atomic mass is 16.4. The molecule has 0 radical (unpaired) electrons. The van der Waals surface area contributed by atoms with Gasteiger partial charge in [0, 0.05) is 13.0 Å². The fourth-order valence-electron chi connectivity index (χ4n) is 2.50. The van der Waals surface area contributed by atoms with E-state index in [-0.39, 0.29) is 24.4 Å². The minimum atomic E-state index is -1.14. The molecule has 1 saturated heterocycles. The van der Waals surface area contributed by atoms with Crippen LogP contribution < -0.4 is 16.4 Å². The molecule has 0 spiro atoms. The molecule has 2 heterocycles. The van der Waals surface area contributed by atoms with Crippen molar-refractivity contribution in [1.29, 1.82) is 0 Å². The zero-order valence-corrected chi connectivity index (χ0v) is 10.8. The number of aromatic carboxylic acids is 1. The Labute approximate surface area is 117 Å². The number of hydrogen-bond acceptors (Lipinski definition) is 4. The van der Waals surface area contributed by atoms with E-state index in [1.165, 1.54) is 22.8 Å². The standard InChI is InChI=1S/C13H11N3O5/c17-10-4-7(5-14-10)16-9-3-6(13(20)21)1-2-8(9)15-11(18)12(16)19/h1-3,7H,4-5H2,(H,14,17)(H,15,18)(H,20,21). The lowest BCUT2D eigenvalue weighted by molar-refractivity contribution is -0.119. The van der Waals surface area contributed by atoms with Crippen LogP contribution in [0.2, 0.25) is 0 Å². The molecule has 3 rings (SSSR count). The lowest BCUT2D eigenvalue weighted by atomic mass is 10.1. The molecule has 21 heavy (non-hydrogen) atoms. The van der Waals surface area contributed by atoms with Crippen LogP contribution in [0.4, 0.5) is 0 Å². The number of fused-ring (bicyclic) bond motifs is 1. The number of carboxylic acid groups (broad SMARTS) is 1. The molecule has 1 aromatic heterocycles. The second-order valence-electron chi connectivity index (χ2n) is 4.83. The summed E-state index contributed by atoms with van der Waals surface area (Å²) in [6.45, 7) is 0.231. The van der Waals surface area contributed by atoms with Gasteiger partial charge in [-0.2, -0.15) is 0 Å². The van der Waals surface area contributed by atoms with E-state index in [1.807, 2.05) is 0 Å². The molecule has 1 unspecified atom stereocenters. The van der Waals surface area contributed by atoms with Gasteiger partial charge in [0.2, 0.25) is 5.91 Å². The number of carbonyl (C=O) groups excluding carboxylic acids is 1. The summed E-state index contributed by atoms with van der Waals surface area (Å²) in [5, 5.41) is 11.6. The van der Waals surface area contributed by atoms with Crippen LogP contribution in [0.3, 0.4) is 0 Å². The van der Waals surface area contributed by atoms with Crippen molar-refractivity contribution in [3.8, 4) is 0 Å². The molecule has 2 aromatic rings. The smallest absolute Gasteiger partial charge is 0.335 e. The Bertz CT molecular complexity index is 879. The maximum absolute atomic E-state index is 12.1. The van der Waals surface area contributed by atoms with E-state index in [9.17, 15) is 19.2 Å². The highest BCUT2D eigenvalue weighted by molar-refractivity contribution is 5.92. The van der Waals surface area contributed by atoms with Gasteiger partial charge in [-0.1, -0.05) is 0 Å². The molecule has 1 amide bonds. The number of rotatable bonds is 2. The Morgan fingerprint density at radius 1 is 1.29 bits per heavy atom. The minimum Gasteiger partial charge on any atom is -0.478 e. The number of amides is 1. The monoisotopic (exact) mass is 289 g/mol. The Balaban J connectivity index is 2.33. The fraction of sp³-hybridized carbons (Fsp3) is 0.231. The molecule has 1 aliphatic rings. The van der Waals surface area contributed by atoms with Gasteiger partial charge in [-0.05, 0) is 18.2 Å².